The third-order valence-electron chi connectivity index (χ3n) is 6.58. The van der Waals surface area contributed by atoms with E-state index in [-0.39, 0.29) is 18.5 Å². The molecule has 4 rings (SSSR count). The van der Waals surface area contributed by atoms with Gasteiger partial charge in [0, 0.05) is 18.7 Å². The molecule has 1 spiro atoms. The van der Waals surface area contributed by atoms with Crippen LogP contribution >= 0.6 is 0 Å². The Balaban J connectivity index is 1.30. The van der Waals surface area contributed by atoms with Crippen LogP contribution < -0.4 is 11.1 Å². The number of nitrogens with one attached hydrogen (secondary N) is 1. The molecule has 3 N–H and O–H groups in total. The Morgan fingerprint density at radius 1 is 1.09 bits per heavy atom. The Kier molecular flexibility index (Phi) is 6.43. The lowest BCUT2D eigenvalue weighted by molar-refractivity contribution is -0.133. The molecule has 2 aliphatic rings. The first-order valence-corrected chi connectivity index (χ1v) is 11.1. The van der Waals surface area contributed by atoms with Crippen molar-refractivity contribution in [3.05, 3.63) is 70.8 Å². The fourth-order valence-corrected chi connectivity index (χ4v) is 4.66. The fourth-order valence-electron chi connectivity index (χ4n) is 4.66. The molecule has 2 saturated heterocycles. The first-order valence-electron chi connectivity index (χ1n) is 11.1. The van der Waals surface area contributed by atoms with Gasteiger partial charge in [0.05, 0.1) is 18.2 Å². The monoisotopic (exact) mass is 445 g/mol. The number of primary amides is 1. The summed E-state index contributed by atoms with van der Waals surface area (Å²) in [6.45, 7) is 2.48. The zero-order valence-electron chi connectivity index (χ0n) is 18.4. The second-order valence-electron chi connectivity index (χ2n) is 8.68. The molecule has 170 valence electrons. The Hall–Kier alpha value is -3.70. The standard InChI is InChI=1S/C25H27N5O3/c26-16-18-7-9-19(10-8-18)17-30-23(32)25(28-24(30)33)11-14-29(15-12-25)13-3-5-20-4-1-2-6-21(20)22(27)31/h1-2,4,6-10H,3,5,11-15,17H2,(H2,27,31)(H,28,33). The third-order valence-corrected chi connectivity index (χ3v) is 6.58. The third kappa shape index (κ3) is 4.73. The topological polar surface area (TPSA) is 120 Å². The molecular formula is C25H27N5O3. The van der Waals surface area contributed by atoms with Crippen LogP contribution in [0.3, 0.4) is 0 Å². The van der Waals surface area contributed by atoms with E-state index < -0.39 is 11.4 Å². The lowest BCUT2D eigenvalue weighted by Crippen LogP contribution is -2.55. The fraction of sp³-hybridized carbons (Fsp3) is 0.360. The first-order chi connectivity index (χ1) is 15.9. The van der Waals surface area contributed by atoms with Crippen LogP contribution in [0, 0.1) is 11.3 Å². The maximum absolute atomic E-state index is 13.2. The van der Waals surface area contributed by atoms with Gasteiger partial charge in [-0.25, -0.2) is 4.79 Å². The van der Waals surface area contributed by atoms with E-state index in [9.17, 15) is 14.4 Å². The van der Waals surface area contributed by atoms with Crippen LogP contribution in [0.1, 0.15) is 46.3 Å². The molecule has 33 heavy (non-hydrogen) atoms. The molecule has 2 aromatic rings. The van der Waals surface area contributed by atoms with Crippen molar-refractivity contribution >= 4 is 17.8 Å². The predicted molar refractivity (Wildman–Crippen MR) is 122 cm³/mol. The van der Waals surface area contributed by atoms with Crippen LogP contribution in [0.4, 0.5) is 4.79 Å². The molecule has 0 aromatic heterocycles. The molecule has 0 bridgehead atoms. The number of nitrogens with two attached hydrogens (primary N) is 1. The summed E-state index contributed by atoms with van der Waals surface area (Å²) in [6, 6.07) is 16.0. The molecule has 2 fully saturated rings. The Morgan fingerprint density at radius 2 is 1.79 bits per heavy atom. The Morgan fingerprint density at radius 3 is 2.45 bits per heavy atom. The zero-order valence-corrected chi connectivity index (χ0v) is 18.4. The minimum Gasteiger partial charge on any atom is -0.366 e. The maximum atomic E-state index is 13.2. The van der Waals surface area contributed by atoms with Crippen LogP contribution in [0.2, 0.25) is 0 Å². The maximum Gasteiger partial charge on any atom is 0.325 e. The highest BCUT2D eigenvalue weighted by Gasteiger charge is 2.52. The molecule has 0 saturated carbocycles. The zero-order chi connectivity index (χ0) is 23.4. The molecular weight excluding hydrogens is 418 g/mol. The highest BCUT2D eigenvalue weighted by atomic mass is 16.2. The number of piperidine rings is 1. The van der Waals surface area contributed by atoms with Crippen molar-refractivity contribution in [2.24, 2.45) is 5.73 Å². The SMILES string of the molecule is N#Cc1ccc(CN2C(=O)NC3(CCN(CCCc4ccccc4C(N)=O)CC3)C2=O)cc1. The van der Waals surface area contributed by atoms with E-state index >= 15 is 0 Å². The van der Waals surface area contributed by atoms with Gasteiger partial charge in [-0.2, -0.15) is 5.26 Å². The molecule has 2 aromatic carbocycles. The molecule has 0 aliphatic carbocycles. The lowest BCUT2D eigenvalue weighted by atomic mass is 9.87. The van der Waals surface area contributed by atoms with E-state index in [4.69, 9.17) is 11.0 Å². The minimum atomic E-state index is -0.835. The van der Waals surface area contributed by atoms with Gasteiger partial charge in [-0.3, -0.25) is 14.5 Å². The molecule has 0 unspecified atom stereocenters. The van der Waals surface area contributed by atoms with Gasteiger partial charge in [-0.05, 0) is 61.6 Å². The molecule has 4 amide bonds. The van der Waals surface area contributed by atoms with Crippen molar-refractivity contribution in [2.75, 3.05) is 19.6 Å². The number of hydrogen-bond acceptors (Lipinski definition) is 5. The van der Waals surface area contributed by atoms with Crippen LogP contribution in [0.5, 0.6) is 0 Å². The largest absolute Gasteiger partial charge is 0.366 e. The van der Waals surface area contributed by atoms with Crippen LogP contribution in [0.15, 0.2) is 48.5 Å². The number of rotatable bonds is 7. The highest BCUT2D eigenvalue weighted by Crippen LogP contribution is 2.30. The van der Waals surface area contributed by atoms with E-state index in [0.717, 1.165) is 30.5 Å². The quantitative estimate of drug-likeness (QED) is 0.633. The van der Waals surface area contributed by atoms with Gasteiger partial charge in [0.2, 0.25) is 5.91 Å². The van der Waals surface area contributed by atoms with E-state index in [1.165, 1.54) is 4.90 Å². The Labute approximate surface area is 193 Å². The number of amides is 4. The number of carbonyl (C=O) groups excluding carboxylic acids is 3. The van der Waals surface area contributed by atoms with E-state index in [0.29, 0.717) is 37.1 Å². The predicted octanol–water partition coefficient (Wildman–Crippen LogP) is 2.18. The summed E-state index contributed by atoms with van der Waals surface area (Å²) in [7, 11) is 0. The number of imide groups is 1. The number of nitriles is 1. The van der Waals surface area contributed by atoms with Crippen molar-refractivity contribution < 1.29 is 14.4 Å². The van der Waals surface area contributed by atoms with Crippen molar-refractivity contribution in [3.63, 3.8) is 0 Å². The molecule has 2 heterocycles. The summed E-state index contributed by atoms with van der Waals surface area (Å²) >= 11 is 0. The average molecular weight is 446 g/mol. The van der Waals surface area contributed by atoms with Crippen LogP contribution in [0.25, 0.3) is 0 Å². The molecule has 2 aliphatic heterocycles. The van der Waals surface area contributed by atoms with Gasteiger partial charge in [-0.15, -0.1) is 0 Å². The number of urea groups is 1. The minimum absolute atomic E-state index is 0.174. The van der Waals surface area contributed by atoms with Crippen LogP contribution in [-0.4, -0.2) is 52.8 Å². The first kappa shape index (κ1) is 22.5. The second kappa shape index (κ2) is 9.43. The summed E-state index contributed by atoms with van der Waals surface area (Å²) in [5.74, 6) is -0.585. The highest BCUT2D eigenvalue weighted by molar-refractivity contribution is 6.07. The van der Waals surface area contributed by atoms with Crippen molar-refractivity contribution in [3.8, 4) is 6.07 Å². The smallest absolute Gasteiger partial charge is 0.325 e. The second-order valence-corrected chi connectivity index (χ2v) is 8.68. The number of carbonyl (C=O) groups is 3. The summed E-state index contributed by atoms with van der Waals surface area (Å²) in [6.07, 6.45) is 2.77. The van der Waals surface area contributed by atoms with Gasteiger partial charge < -0.3 is 16.0 Å². The van der Waals surface area contributed by atoms with E-state index in [1.807, 2.05) is 18.2 Å². The summed E-state index contributed by atoms with van der Waals surface area (Å²) in [5.41, 5.74) is 7.49. The number of aryl methyl sites for hydroxylation is 1. The summed E-state index contributed by atoms with van der Waals surface area (Å²) in [5, 5.41) is 11.9. The van der Waals surface area contributed by atoms with E-state index in [1.54, 1.807) is 30.3 Å². The lowest BCUT2D eigenvalue weighted by Gasteiger charge is -2.37. The van der Waals surface area contributed by atoms with Crippen molar-refractivity contribution in [2.45, 2.75) is 37.8 Å². The van der Waals surface area contributed by atoms with Gasteiger partial charge in [0.1, 0.15) is 5.54 Å². The van der Waals surface area contributed by atoms with Crippen molar-refractivity contribution in [1.82, 2.24) is 15.1 Å². The van der Waals surface area contributed by atoms with Crippen molar-refractivity contribution in [1.29, 1.82) is 5.26 Å². The van der Waals surface area contributed by atoms with Gasteiger partial charge >= 0.3 is 6.03 Å². The number of benzene rings is 2. The van der Waals surface area contributed by atoms with E-state index in [2.05, 4.69) is 16.3 Å². The molecule has 0 radical (unpaired) electrons. The number of nitrogens with zero attached hydrogens (tertiary/aromatic N) is 3. The summed E-state index contributed by atoms with van der Waals surface area (Å²) < 4.78 is 0. The average Bonchev–Trinajstić information content (AvgIpc) is 3.05. The molecule has 8 heteroatoms. The number of likely N-dealkylation sites (tertiary alicyclic amines) is 1. The van der Waals surface area contributed by atoms with Gasteiger partial charge in [0.15, 0.2) is 0 Å². The summed E-state index contributed by atoms with van der Waals surface area (Å²) in [4.78, 5) is 40.9. The van der Waals surface area contributed by atoms with Gasteiger partial charge in [0.25, 0.3) is 5.91 Å². The van der Waals surface area contributed by atoms with Gasteiger partial charge in [-0.1, -0.05) is 30.3 Å². The van der Waals surface area contributed by atoms with Crippen LogP contribution in [-0.2, 0) is 17.8 Å². The molecule has 0 atom stereocenters. The molecule has 8 nitrogen and oxygen atoms in total. The normalized spacial score (nSPS) is 17.7. The number of hydrogen-bond donors (Lipinski definition) is 2. The Bertz CT molecular complexity index is 1100.